The number of rotatable bonds is 4. The highest BCUT2D eigenvalue weighted by Gasteiger charge is 2.53. The maximum atomic E-state index is 11.3. The van der Waals surface area contributed by atoms with Crippen LogP contribution in [-0.2, 0) is 33.3 Å². The first-order valence-corrected chi connectivity index (χ1v) is 7.42. The topological polar surface area (TPSA) is 155 Å². The van der Waals surface area contributed by atoms with Gasteiger partial charge in [-0.15, -0.1) is 0 Å². The fourth-order valence-corrected chi connectivity index (χ4v) is 2.51. The fraction of sp³-hybridized carbons (Fsp3) is 0.786. The molecule has 0 aromatic carbocycles. The monoisotopic (exact) mass is 349 g/mol. The summed E-state index contributed by atoms with van der Waals surface area (Å²) in [5, 5.41) is 14.8. The lowest BCUT2D eigenvalue weighted by Crippen LogP contribution is -2.35. The molecule has 10 nitrogen and oxygen atoms in total. The number of nitrogens with two attached hydrogens (primary N) is 1. The molecule has 24 heavy (non-hydrogen) atoms. The van der Waals surface area contributed by atoms with Crippen LogP contribution < -0.4 is 5.73 Å². The van der Waals surface area contributed by atoms with Crippen LogP contribution in [0.2, 0.25) is 0 Å². The Bertz CT molecular complexity index is 467. The van der Waals surface area contributed by atoms with Gasteiger partial charge < -0.3 is 34.9 Å². The second-order valence-electron chi connectivity index (χ2n) is 5.73. The number of hydrogen-bond donors (Lipinski definition) is 3. The summed E-state index contributed by atoms with van der Waals surface area (Å²) >= 11 is 0. The lowest BCUT2D eigenvalue weighted by molar-refractivity contribution is -0.172. The SMILES string of the molecule is CCOC(=O)CO[C@H]1C[C@@H](N)[C@@H]2OC(C)(C)O[C@H]21.O=C(O)C(=O)O. The Hall–Kier alpha value is -1.75. The van der Waals surface area contributed by atoms with E-state index in [1.165, 1.54) is 0 Å². The van der Waals surface area contributed by atoms with E-state index in [4.69, 9.17) is 44.5 Å². The molecule has 1 aliphatic heterocycles. The molecule has 0 bridgehead atoms. The summed E-state index contributed by atoms with van der Waals surface area (Å²) in [7, 11) is 0. The summed E-state index contributed by atoms with van der Waals surface area (Å²) in [6, 6.07) is -0.121. The minimum atomic E-state index is -1.82. The maximum absolute atomic E-state index is 11.3. The van der Waals surface area contributed by atoms with E-state index in [2.05, 4.69) is 0 Å². The zero-order valence-corrected chi connectivity index (χ0v) is 13.8. The van der Waals surface area contributed by atoms with Crippen molar-refractivity contribution in [1.82, 2.24) is 0 Å². The summed E-state index contributed by atoms with van der Waals surface area (Å²) in [6.45, 7) is 5.74. The van der Waals surface area contributed by atoms with Crippen LogP contribution in [0.1, 0.15) is 27.2 Å². The van der Waals surface area contributed by atoms with Crippen molar-refractivity contribution >= 4 is 17.9 Å². The van der Waals surface area contributed by atoms with E-state index in [1.54, 1.807) is 6.92 Å². The second kappa shape index (κ2) is 8.38. The van der Waals surface area contributed by atoms with Gasteiger partial charge in [-0.1, -0.05) is 0 Å². The molecular weight excluding hydrogens is 326 g/mol. The Kier molecular flexibility index (Phi) is 7.08. The molecule has 0 unspecified atom stereocenters. The van der Waals surface area contributed by atoms with Crippen LogP contribution in [0.15, 0.2) is 0 Å². The highest BCUT2D eigenvalue weighted by Crippen LogP contribution is 2.38. The van der Waals surface area contributed by atoms with Crippen molar-refractivity contribution in [3.05, 3.63) is 0 Å². The van der Waals surface area contributed by atoms with E-state index < -0.39 is 17.7 Å². The number of carboxylic acid groups (broad SMARTS) is 2. The van der Waals surface area contributed by atoms with Gasteiger partial charge in [-0.25, -0.2) is 14.4 Å². The van der Waals surface area contributed by atoms with Gasteiger partial charge in [-0.3, -0.25) is 0 Å². The van der Waals surface area contributed by atoms with E-state index >= 15 is 0 Å². The van der Waals surface area contributed by atoms with Crippen LogP contribution in [0, 0.1) is 0 Å². The van der Waals surface area contributed by atoms with Crippen LogP contribution in [0.3, 0.4) is 0 Å². The van der Waals surface area contributed by atoms with Crippen LogP contribution in [0.5, 0.6) is 0 Å². The summed E-state index contributed by atoms with van der Waals surface area (Å²) in [5.74, 6) is -4.66. The number of carbonyl (C=O) groups is 3. The van der Waals surface area contributed by atoms with Gasteiger partial charge in [0.2, 0.25) is 0 Å². The first kappa shape index (κ1) is 20.3. The molecule has 1 saturated carbocycles. The number of esters is 1. The molecule has 2 aliphatic rings. The number of ether oxygens (including phenoxy) is 4. The predicted molar refractivity (Wildman–Crippen MR) is 78.1 cm³/mol. The Balaban J connectivity index is 0.000000413. The average Bonchev–Trinajstić information content (AvgIpc) is 2.92. The first-order chi connectivity index (χ1) is 11.1. The Morgan fingerprint density at radius 2 is 1.71 bits per heavy atom. The van der Waals surface area contributed by atoms with Gasteiger partial charge in [-0.05, 0) is 27.2 Å². The summed E-state index contributed by atoms with van der Waals surface area (Å²) < 4.78 is 21.8. The third kappa shape index (κ3) is 5.71. The molecule has 2 fully saturated rings. The highest BCUT2D eigenvalue weighted by molar-refractivity contribution is 6.27. The fourth-order valence-electron chi connectivity index (χ4n) is 2.51. The van der Waals surface area contributed by atoms with Gasteiger partial charge >= 0.3 is 17.9 Å². The minimum absolute atomic E-state index is 0.0712. The lowest BCUT2D eigenvalue weighted by atomic mass is 10.2. The summed E-state index contributed by atoms with van der Waals surface area (Å²) in [6.07, 6.45) is 0.0537. The van der Waals surface area contributed by atoms with Gasteiger partial charge in [0.05, 0.1) is 12.7 Å². The minimum Gasteiger partial charge on any atom is -0.473 e. The maximum Gasteiger partial charge on any atom is 0.414 e. The third-order valence-corrected chi connectivity index (χ3v) is 3.36. The molecule has 0 aromatic heterocycles. The first-order valence-electron chi connectivity index (χ1n) is 7.42. The molecule has 0 radical (unpaired) electrons. The molecule has 4 atom stereocenters. The summed E-state index contributed by atoms with van der Waals surface area (Å²) in [4.78, 5) is 29.4. The van der Waals surface area contributed by atoms with Crippen molar-refractivity contribution < 1.29 is 43.5 Å². The standard InChI is InChI=1S/C12H21NO5.C2H2O4/c1-4-15-9(14)6-16-8-5-7(13)10-11(8)18-12(2,3)17-10;3-1(4)2(5)6/h7-8,10-11H,4-6,13H2,1-3H3;(H,3,4)(H,5,6)/t7-,8+,10+,11+;/m1./s1. The number of carbonyl (C=O) groups excluding carboxylic acids is 1. The molecule has 138 valence electrons. The van der Waals surface area contributed by atoms with Crippen LogP contribution in [0.25, 0.3) is 0 Å². The van der Waals surface area contributed by atoms with Gasteiger partial charge in [0, 0.05) is 6.04 Å². The zero-order chi connectivity index (χ0) is 18.5. The third-order valence-electron chi connectivity index (χ3n) is 3.36. The Labute approximate surface area is 138 Å². The van der Waals surface area contributed by atoms with Crippen LogP contribution in [-0.4, -0.2) is 71.5 Å². The largest absolute Gasteiger partial charge is 0.473 e. The number of hydrogen-bond acceptors (Lipinski definition) is 8. The van der Waals surface area contributed by atoms with Gasteiger partial charge in [0.25, 0.3) is 0 Å². The van der Waals surface area contributed by atoms with E-state index in [0.29, 0.717) is 13.0 Å². The van der Waals surface area contributed by atoms with E-state index in [0.717, 1.165) is 0 Å². The molecule has 10 heteroatoms. The van der Waals surface area contributed by atoms with Crippen molar-refractivity contribution in [3.8, 4) is 0 Å². The van der Waals surface area contributed by atoms with Gasteiger partial charge in [0.15, 0.2) is 5.79 Å². The normalized spacial score (nSPS) is 30.0. The number of carboxylic acids is 2. The Morgan fingerprint density at radius 3 is 2.21 bits per heavy atom. The van der Waals surface area contributed by atoms with Gasteiger partial charge in [0.1, 0.15) is 18.8 Å². The van der Waals surface area contributed by atoms with Crippen LogP contribution >= 0.6 is 0 Å². The predicted octanol–water partition coefficient (Wildman–Crippen LogP) is -0.659. The average molecular weight is 349 g/mol. The van der Waals surface area contributed by atoms with Crippen molar-refractivity contribution in [1.29, 1.82) is 0 Å². The summed E-state index contributed by atoms with van der Waals surface area (Å²) in [5.41, 5.74) is 6.00. The highest BCUT2D eigenvalue weighted by atomic mass is 16.8. The molecule has 0 aromatic rings. The molecule has 0 spiro atoms. The van der Waals surface area contributed by atoms with E-state index in [1.807, 2.05) is 13.8 Å². The molecule has 0 amide bonds. The van der Waals surface area contributed by atoms with Crippen molar-refractivity contribution in [2.24, 2.45) is 5.73 Å². The van der Waals surface area contributed by atoms with Gasteiger partial charge in [-0.2, -0.15) is 0 Å². The molecule has 1 heterocycles. The molecule has 1 saturated heterocycles. The lowest BCUT2D eigenvalue weighted by Gasteiger charge is -2.22. The quantitative estimate of drug-likeness (QED) is 0.440. The van der Waals surface area contributed by atoms with Crippen molar-refractivity contribution in [2.75, 3.05) is 13.2 Å². The molecule has 1 aliphatic carbocycles. The molecular formula is C14H23NO9. The van der Waals surface area contributed by atoms with E-state index in [9.17, 15) is 4.79 Å². The number of aliphatic carboxylic acids is 2. The smallest absolute Gasteiger partial charge is 0.414 e. The zero-order valence-electron chi connectivity index (χ0n) is 13.8. The van der Waals surface area contributed by atoms with Crippen molar-refractivity contribution in [3.63, 3.8) is 0 Å². The second-order valence-corrected chi connectivity index (χ2v) is 5.73. The molecule has 2 rings (SSSR count). The number of fused-ring (bicyclic) bond motifs is 1. The van der Waals surface area contributed by atoms with Crippen LogP contribution in [0.4, 0.5) is 0 Å². The Morgan fingerprint density at radius 1 is 1.17 bits per heavy atom. The molecule has 4 N–H and O–H groups in total. The van der Waals surface area contributed by atoms with Crippen molar-refractivity contribution in [2.45, 2.75) is 57.3 Å². The van der Waals surface area contributed by atoms with E-state index in [-0.39, 0.29) is 36.9 Å².